The first kappa shape index (κ1) is 13.4. The first-order valence-corrected chi connectivity index (χ1v) is 7.61. The van der Waals surface area contributed by atoms with Gasteiger partial charge in [-0.25, -0.2) is 4.98 Å². The zero-order valence-electron chi connectivity index (χ0n) is 12.1. The van der Waals surface area contributed by atoms with E-state index in [0.717, 1.165) is 23.8 Å². The van der Waals surface area contributed by atoms with Crippen molar-refractivity contribution in [1.82, 2.24) is 9.88 Å². The number of hydrogen-bond acceptors (Lipinski definition) is 3. The van der Waals surface area contributed by atoms with E-state index < -0.39 is 0 Å². The summed E-state index contributed by atoms with van der Waals surface area (Å²) in [4.78, 5) is 6.97. The van der Waals surface area contributed by atoms with Crippen molar-refractivity contribution in [2.45, 2.75) is 45.2 Å². The van der Waals surface area contributed by atoms with E-state index in [-0.39, 0.29) is 0 Å². The van der Waals surface area contributed by atoms with Crippen molar-refractivity contribution in [3.05, 3.63) is 42.4 Å². The molecule has 1 fully saturated rings. The lowest BCUT2D eigenvalue weighted by molar-refractivity contribution is 0.124. The van der Waals surface area contributed by atoms with Gasteiger partial charge in [0.2, 0.25) is 5.89 Å². The molecule has 3 rings (SSSR count). The molecule has 0 radical (unpaired) electrons. The van der Waals surface area contributed by atoms with Crippen LogP contribution in [0.25, 0.3) is 11.3 Å². The molecule has 1 aliphatic rings. The van der Waals surface area contributed by atoms with E-state index in [1.165, 1.54) is 32.2 Å². The highest BCUT2D eigenvalue weighted by Crippen LogP contribution is 2.24. The number of benzene rings is 1. The van der Waals surface area contributed by atoms with Crippen molar-refractivity contribution in [3.8, 4) is 11.3 Å². The Hall–Kier alpha value is -1.61. The van der Waals surface area contributed by atoms with Crippen molar-refractivity contribution in [3.63, 3.8) is 0 Å². The van der Waals surface area contributed by atoms with E-state index in [4.69, 9.17) is 4.42 Å². The smallest absolute Gasteiger partial charge is 0.209 e. The number of hydrogen-bond donors (Lipinski definition) is 0. The Morgan fingerprint density at radius 3 is 2.90 bits per heavy atom. The summed E-state index contributed by atoms with van der Waals surface area (Å²) < 4.78 is 5.91. The fourth-order valence-electron chi connectivity index (χ4n) is 3.02. The molecule has 3 heteroatoms. The van der Waals surface area contributed by atoms with Crippen molar-refractivity contribution in [2.24, 2.45) is 0 Å². The third-order valence-electron chi connectivity index (χ3n) is 4.17. The molecule has 3 nitrogen and oxygen atoms in total. The van der Waals surface area contributed by atoms with E-state index >= 15 is 0 Å². The number of piperidine rings is 1. The van der Waals surface area contributed by atoms with Crippen LogP contribution in [0.15, 0.2) is 40.9 Å². The van der Waals surface area contributed by atoms with Gasteiger partial charge >= 0.3 is 0 Å². The molecule has 2 aromatic rings. The summed E-state index contributed by atoms with van der Waals surface area (Å²) in [5.41, 5.74) is 1.09. The van der Waals surface area contributed by atoms with Gasteiger partial charge in [-0.05, 0) is 25.8 Å². The molecule has 20 heavy (non-hydrogen) atoms. The largest absolute Gasteiger partial charge is 0.439 e. The Balaban J connectivity index is 1.71. The van der Waals surface area contributed by atoms with Crippen LogP contribution in [0.4, 0.5) is 0 Å². The minimum Gasteiger partial charge on any atom is -0.439 e. The van der Waals surface area contributed by atoms with Crippen molar-refractivity contribution in [2.75, 3.05) is 6.54 Å². The van der Waals surface area contributed by atoms with Gasteiger partial charge in [0, 0.05) is 11.6 Å². The Morgan fingerprint density at radius 2 is 2.10 bits per heavy atom. The van der Waals surface area contributed by atoms with E-state index in [1.807, 2.05) is 24.4 Å². The molecular formula is C17H22N2O. The maximum atomic E-state index is 5.91. The Bertz CT molecular complexity index is 535. The first-order chi connectivity index (χ1) is 9.86. The van der Waals surface area contributed by atoms with Gasteiger partial charge in [-0.2, -0.15) is 0 Å². The summed E-state index contributed by atoms with van der Waals surface area (Å²) in [6.45, 7) is 4.28. The minimum atomic E-state index is 0.691. The molecule has 1 aromatic carbocycles. The molecule has 0 spiro atoms. The SMILES string of the molecule is CCC1CCCCN1Cc1ncc(-c2ccccc2)o1. The fraction of sp³-hybridized carbons (Fsp3) is 0.471. The normalized spacial score (nSPS) is 20.1. The monoisotopic (exact) mass is 270 g/mol. The van der Waals surface area contributed by atoms with Crippen LogP contribution >= 0.6 is 0 Å². The topological polar surface area (TPSA) is 29.3 Å². The highest BCUT2D eigenvalue weighted by Gasteiger charge is 2.22. The Morgan fingerprint density at radius 1 is 1.25 bits per heavy atom. The van der Waals surface area contributed by atoms with Gasteiger partial charge < -0.3 is 4.42 Å². The number of aromatic nitrogens is 1. The van der Waals surface area contributed by atoms with Gasteiger partial charge in [-0.15, -0.1) is 0 Å². The minimum absolute atomic E-state index is 0.691. The molecule has 106 valence electrons. The van der Waals surface area contributed by atoms with Gasteiger partial charge in [0.05, 0.1) is 12.7 Å². The van der Waals surface area contributed by atoms with Crippen LogP contribution < -0.4 is 0 Å². The van der Waals surface area contributed by atoms with Crippen LogP contribution in [0.1, 0.15) is 38.5 Å². The average molecular weight is 270 g/mol. The van der Waals surface area contributed by atoms with E-state index in [1.54, 1.807) is 0 Å². The summed E-state index contributed by atoms with van der Waals surface area (Å²) in [6, 6.07) is 10.9. The van der Waals surface area contributed by atoms with Gasteiger partial charge in [-0.1, -0.05) is 43.7 Å². The molecule has 0 bridgehead atoms. The first-order valence-electron chi connectivity index (χ1n) is 7.61. The highest BCUT2D eigenvalue weighted by molar-refractivity contribution is 5.55. The Labute approximate surface area is 120 Å². The van der Waals surface area contributed by atoms with E-state index in [9.17, 15) is 0 Å². The molecule has 0 saturated carbocycles. The number of rotatable bonds is 4. The van der Waals surface area contributed by atoms with Crippen LogP contribution in [-0.2, 0) is 6.54 Å². The molecule has 1 atom stereocenters. The van der Waals surface area contributed by atoms with Gasteiger partial charge in [0.1, 0.15) is 0 Å². The van der Waals surface area contributed by atoms with E-state index in [0.29, 0.717) is 6.04 Å². The lowest BCUT2D eigenvalue weighted by Crippen LogP contribution is -2.38. The second kappa shape index (κ2) is 6.23. The molecule has 1 aliphatic heterocycles. The summed E-state index contributed by atoms with van der Waals surface area (Å²) in [7, 11) is 0. The Kier molecular flexibility index (Phi) is 4.16. The predicted molar refractivity (Wildman–Crippen MR) is 80.3 cm³/mol. The van der Waals surface area contributed by atoms with Crippen LogP contribution in [0.3, 0.4) is 0 Å². The zero-order valence-corrected chi connectivity index (χ0v) is 12.1. The van der Waals surface area contributed by atoms with Gasteiger partial charge in [-0.3, -0.25) is 4.90 Å². The third-order valence-corrected chi connectivity index (χ3v) is 4.17. The second-order valence-electron chi connectivity index (χ2n) is 5.51. The average Bonchev–Trinajstić information content (AvgIpc) is 2.97. The number of nitrogens with zero attached hydrogens (tertiary/aromatic N) is 2. The maximum absolute atomic E-state index is 5.91. The molecule has 1 unspecified atom stereocenters. The zero-order chi connectivity index (χ0) is 13.8. The van der Waals surface area contributed by atoms with Crippen LogP contribution in [0.2, 0.25) is 0 Å². The fourth-order valence-corrected chi connectivity index (χ4v) is 3.02. The van der Waals surface area contributed by atoms with Crippen molar-refractivity contribution < 1.29 is 4.42 Å². The van der Waals surface area contributed by atoms with Gasteiger partial charge in [0.25, 0.3) is 0 Å². The molecule has 1 saturated heterocycles. The summed E-state index contributed by atoms with van der Waals surface area (Å²) in [5.74, 6) is 1.70. The van der Waals surface area contributed by atoms with Crippen LogP contribution in [0, 0.1) is 0 Å². The molecular weight excluding hydrogens is 248 g/mol. The molecule has 0 amide bonds. The van der Waals surface area contributed by atoms with Gasteiger partial charge in [0.15, 0.2) is 5.76 Å². The van der Waals surface area contributed by atoms with Crippen LogP contribution in [0.5, 0.6) is 0 Å². The molecule has 0 N–H and O–H groups in total. The highest BCUT2D eigenvalue weighted by atomic mass is 16.4. The lowest BCUT2D eigenvalue weighted by atomic mass is 10.0. The molecule has 2 heterocycles. The third kappa shape index (κ3) is 2.93. The number of likely N-dealkylation sites (tertiary alicyclic amines) is 1. The standard InChI is InChI=1S/C17H22N2O/c1-2-15-10-6-7-11-19(15)13-17-18-12-16(20-17)14-8-4-3-5-9-14/h3-5,8-9,12,15H,2,6-7,10-11,13H2,1H3. The van der Waals surface area contributed by atoms with E-state index in [2.05, 4.69) is 28.9 Å². The lowest BCUT2D eigenvalue weighted by Gasteiger charge is -2.34. The van der Waals surface area contributed by atoms with Crippen LogP contribution in [-0.4, -0.2) is 22.5 Å². The summed E-state index contributed by atoms with van der Waals surface area (Å²) in [6.07, 6.45) is 7.02. The van der Waals surface area contributed by atoms with Crippen molar-refractivity contribution >= 4 is 0 Å². The maximum Gasteiger partial charge on any atom is 0.209 e. The molecule has 1 aromatic heterocycles. The second-order valence-corrected chi connectivity index (χ2v) is 5.51. The predicted octanol–water partition coefficient (Wildman–Crippen LogP) is 4.11. The summed E-state index contributed by atoms with van der Waals surface area (Å²) >= 11 is 0. The molecule has 0 aliphatic carbocycles. The quantitative estimate of drug-likeness (QED) is 0.837. The number of oxazole rings is 1. The van der Waals surface area contributed by atoms with Crippen molar-refractivity contribution in [1.29, 1.82) is 0 Å². The summed E-state index contributed by atoms with van der Waals surface area (Å²) in [5, 5.41) is 0.